The second-order valence-corrected chi connectivity index (χ2v) is 3.91. The van der Waals surface area contributed by atoms with E-state index in [1.807, 2.05) is 0 Å². The van der Waals surface area contributed by atoms with Gasteiger partial charge in [-0.1, -0.05) is 0 Å². The quantitative estimate of drug-likeness (QED) is 0.621. The molecule has 7 heavy (non-hydrogen) atoms. The smallest absolute Gasteiger partial charge is 0.0786 e. The lowest BCUT2D eigenvalue weighted by molar-refractivity contribution is 0.211. The van der Waals surface area contributed by atoms with Crippen LogP contribution in [0.1, 0.15) is 0 Å². The van der Waals surface area contributed by atoms with Crippen LogP contribution in [0.4, 0.5) is 0 Å². The highest BCUT2D eigenvalue weighted by Gasteiger charge is 2.07. The molecule has 0 N–H and O–H groups in total. The van der Waals surface area contributed by atoms with Gasteiger partial charge in [0.15, 0.2) is 0 Å². The zero-order valence-electron chi connectivity index (χ0n) is 3.58. The van der Waals surface area contributed by atoms with Gasteiger partial charge in [0.2, 0.25) is 0 Å². The molecule has 0 amide bonds. The monoisotopic (exact) mass is 322 g/mol. The molecule has 1 aliphatic rings. The summed E-state index contributed by atoms with van der Waals surface area (Å²) in [7, 11) is 0. The molecule has 0 radical (unpaired) electrons. The van der Waals surface area contributed by atoms with Gasteiger partial charge in [-0.2, -0.15) is 0 Å². The highest BCUT2D eigenvalue weighted by Crippen LogP contribution is 2.24. The second-order valence-electron chi connectivity index (χ2n) is 1.30. The summed E-state index contributed by atoms with van der Waals surface area (Å²) in [4.78, 5) is 0. The van der Waals surface area contributed by atoms with E-state index in [-0.39, 0.29) is 0 Å². The van der Waals surface area contributed by atoms with Crippen LogP contribution in [0.15, 0.2) is 7.16 Å². The summed E-state index contributed by atoms with van der Waals surface area (Å²) in [6.45, 7) is 1.66. The lowest BCUT2D eigenvalue weighted by atomic mass is 10.6. The molecule has 0 aromatic heterocycles. The van der Waals surface area contributed by atoms with Gasteiger partial charge >= 0.3 is 0 Å². The third-order valence-electron chi connectivity index (χ3n) is 0.752. The van der Waals surface area contributed by atoms with E-state index >= 15 is 0 Å². The zero-order valence-corrected chi connectivity index (χ0v) is 7.89. The van der Waals surface area contributed by atoms with Crippen LogP contribution in [0.5, 0.6) is 0 Å². The van der Waals surface area contributed by atoms with E-state index in [9.17, 15) is 0 Å². The van der Waals surface area contributed by atoms with E-state index in [1.165, 1.54) is 7.16 Å². The number of hydrogen-bond acceptors (Lipinski definition) is 1. The van der Waals surface area contributed by atoms with E-state index in [1.54, 1.807) is 0 Å². The van der Waals surface area contributed by atoms with Crippen molar-refractivity contribution in [3.05, 3.63) is 7.16 Å². The predicted octanol–water partition coefficient (Wildman–Crippen LogP) is 2.10. The molecule has 0 spiro atoms. The van der Waals surface area contributed by atoms with Crippen molar-refractivity contribution in [3.63, 3.8) is 0 Å². The minimum Gasteiger partial charge on any atom is -0.371 e. The minimum absolute atomic E-state index is 0.832. The van der Waals surface area contributed by atoms with Crippen molar-refractivity contribution in [3.8, 4) is 0 Å². The van der Waals surface area contributed by atoms with Gasteiger partial charge in [-0.3, -0.25) is 0 Å². The second kappa shape index (κ2) is 2.63. The highest BCUT2D eigenvalue weighted by molar-refractivity contribution is 14.1. The average molecular weight is 322 g/mol. The first kappa shape index (κ1) is 6.28. The molecule has 1 nitrogen and oxygen atoms in total. The van der Waals surface area contributed by atoms with Crippen molar-refractivity contribution in [2.45, 2.75) is 0 Å². The molecule has 0 unspecified atom stereocenters. The van der Waals surface area contributed by atoms with Crippen LogP contribution in [-0.2, 0) is 4.74 Å². The maximum Gasteiger partial charge on any atom is 0.0786 e. The van der Waals surface area contributed by atoms with Gasteiger partial charge in [-0.15, -0.1) is 0 Å². The van der Waals surface area contributed by atoms with Crippen LogP contribution < -0.4 is 0 Å². The van der Waals surface area contributed by atoms with Crippen LogP contribution in [0.25, 0.3) is 0 Å². The minimum atomic E-state index is 0.832. The van der Waals surface area contributed by atoms with Crippen molar-refractivity contribution in [1.82, 2.24) is 0 Å². The Morgan fingerprint density at radius 2 is 1.57 bits per heavy atom. The van der Waals surface area contributed by atoms with E-state index in [4.69, 9.17) is 4.74 Å². The Morgan fingerprint density at radius 1 is 1.14 bits per heavy atom. The van der Waals surface area contributed by atoms with Crippen molar-refractivity contribution < 1.29 is 4.74 Å². The third kappa shape index (κ3) is 1.53. The summed E-state index contributed by atoms with van der Waals surface area (Å²) >= 11 is 4.61. The molecule has 0 fully saturated rings. The van der Waals surface area contributed by atoms with Gasteiger partial charge in [0, 0.05) is 7.16 Å². The maximum atomic E-state index is 5.08. The molecular formula is C4H4I2O. The Balaban J connectivity index is 2.64. The molecule has 3 heteroatoms. The van der Waals surface area contributed by atoms with Gasteiger partial charge in [-0.05, 0) is 45.2 Å². The summed E-state index contributed by atoms with van der Waals surface area (Å²) in [6.07, 6.45) is 0. The molecule has 1 rings (SSSR count). The normalized spacial score (nSPS) is 21.4. The van der Waals surface area contributed by atoms with E-state index in [0.29, 0.717) is 0 Å². The van der Waals surface area contributed by atoms with Crippen LogP contribution in [0.2, 0.25) is 0 Å². The number of rotatable bonds is 0. The molecule has 0 aromatic carbocycles. The zero-order chi connectivity index (χ0) is 5.28. The molecule has 1 heterocycles. The Kier molecular flexibility index (Phi) is 2.36. The van der Waals surface area contributed by atoms with Gasteiger partial charge < -0.3 is 4.74 Å². The largest absolute Gasteiger partial charge is 0.371 e. The molecule has 0 aromatic rings. The fourth-order valence-electron chi connectivity index (χ4n) is 0.387. The average Bonchev–Trinajstić information content (AvgIpc) is 1.91. The molecular weight excluding hydrogens is 318 g/mol. The standard InChI is InChI=1S/C4H4I2O/c5-3-1-7-2-4(3)6/h1-2H2. The predicted molar refractivity (Wildman–Crippen MR) is 45.9 cm³/mol. The number of hydrogen-bond donors (Lipinski definition) is 0. The fraction of sp³-hybridized carbons (Fsp3) is 0.500. The van der Waals surface area contributed by atoms with Gasteiger partial charge in [0.25, 0.3) is 0 Å². The van der Waals surface area contributed by atoms with Crippen molar-refractivity contribution in [2.24, 2.45) is 0 Å². The third-order valence-corrected chi connectivity index (χ3v) is 3.71. The van der Waals surface area contributed by atoms with Gasteiger partial charge in [0.1, 0.15) is 0 Å². The SMILES string of the molecule is IC1=C(I)COC1. The van der Waals surface area contributed by atoms with Crippen molar-refractivity contribution in [2.75, 3.05) is 13.2 Å². The summed E-state index contributed by atoms with van der Waals surface area (Å²) in [5.74, 6) is 0. The Morgan fingerprint density at radius 3 is 1.71 bits per heavy atom. The number of ether oxygens (including phenoxy) is 1. The Hall–Kier alpha value is 1.16. The summed E-state index contributed by atoms with van der Waals surface area (Å²) in [5, 5.41) is 0. The molecule has 1 aliphatic heterocycles. The van der Waals surface area contributed by atoms with E-state index in [0.717, 1.165) is 13.2 Å². The summed E-state index contributed by atoms with van der Waals surface area (Å²) < 4.78 is 7.80. The molecule has 0 saturated heterocycles. The molecule has 0 bridgehead atoms. The lowest BCUT2D eigenvalue weighted by Gasteiger charge is -1.81. The van der Waals surface area contributed by atoms with Crippen LogP contribution in [0.3, 0.4) is 0 Å². The Bertz CT molecular complexity index is 96.3. The molecule has 0 saturated carbocycles. The Labute approximate surface area is 69.8 Å². The molecule has 0 aliphatic carbocycles. The van der Waals surface area contributed by atoms with Crippen LogP contribution in [0, 0.1) is 0 Å². The summed E-state index contributed by atoms with van der Waals surface area (Å²) in [6, 6.07) is 0. The maximum absolute atomic E-state index is 5.08. The van der Waals surface area contributed by atoms with Crippen molar-refractivity contribution in [1.29, 1.82) is 0 Å². The van der Waals surface area contributed by atoms with Crippen LogP contribution in [-0.4, -0.2) is 13.2 Å². The first-order chi connectivity index (χ1) is 3.30. The molecule has 0 atom stereocenters. The fourth-order valence-corrected chi connectivity index (χ4v) is 1.14. The van der Waals surface area contributed by atoms with Gasteiger partial charge in [0.05, 0.1) is 13.2 Å². The molecule has 40 valence electrons. The first-order valence-corrected chi connectivity index (χ1v) is 4.07. The van der Waals surface area contributed by atoms with Crippen molar-refractivity contribution >= 4 is 45.2 Å². The lowest BCUT2D eigenvalue weighted by Crippen LogP contribution is -1.80. The summed E-state index contributed by atoms with van der Waals surface area (Å²) in [5.41, 5.74) is 0. The van der Waals surface area contributed by atoms with E-state index < -0.39 is 0 Å². The van der Waals surface area contributed by atoms with E-state index in [2.05, 4.69) is 45.2 Å². The van der Waals surface area contributed by atoms with Crippen LogP contribution >= 0.6 is 45.2 Å². The first-order valence-electron chi connectivity index (χ1n) is 1.91. The topological polar surface area (TPSA) is 9.23 Å². The highest BCUT2D eigenvalue weighted by atomic mass is 127. The van der Waals surface area contributed by atoms with Gasteiger partial charge in [-0.25, -0.2) is 0 Å². The number of halogens is 2.